The van der Waals surface area contributed by atoms with E-state index < -0.39 is 18.0 Å². The van der Waals surface area contributed by atoms with Gasteiger partial charge in [0.05, 0.1) is 29.9 Å². The summed E-state index contributed by atoms with van der Waals surface area (Å²) in [6, 6.07) is 9.19. The minimum absolute atomic E-state index is 0.192. The number of ether oxygens (including phenoxy) is 1. The number of rotatable bonds is 4. The number of hydrogen-bond acceptors (Lipinski definition) is 6. The average molecular weight is 366 g/mol. The zero-order chi connectivity index (χ0) is 19.6. The fourth-order valence-electron chi connectivity index (χ4n) is 2.99. The number of carbonyl (C=O) groups excluding carboxylic acids is 2. The second kappa shape index (κ2) is 7.33. The Balaban J connectivity index is 2.14. The van der Waals surface area contributed by atoms with E-state index >= 15 is 0 Å². The Morgan fingerprint density at radius 2 is 2.19 bits per heavy atom. The highest BCUT2D eigenvalue weighted by atomic mass is 16.5. The molecule has 1 atom stereocenters. The van der Waals surface area contributed by atoms with Crippen molar-refractivity contribution in [1.82, 2.24) is 10.5 Å². The molecule has 2 heterocycles. The summed E-state index contributed by atoms with van der Waals surface area (Å²) in [5.74, 6) is 0.258. The van der Waals surface area contributed by atoms with E-state index in [0.717, 1.165) is 0 Å². The van der Waals surface area contributed by atoms with Gasteiger partial charge < -0.3 is 14.6 Å². The standard InChI is InChI=1S/C19H18N4O4/c1-4-26-18(24)16-12(3)23(15-8-11(2)27-22-15)19(25)21-17(16)14-7-5-6-13(9-14)10-20/h5-9,17H,4H2,1-3H3,(H,21,25)/t17-/m1/s1. The van der Waals surface area contributed by atoms with Gasteiger partial charge in [-0.2, -0.15) is 5.26 Å². The summed E-state index contributed by atoms with van der Waals surface area (Å²) in [7, 11) is 0. The smallest absolute Gasteiger partial charge is 0.338 e. The Labute approximate surface area is 156 Å². The predicted molar refractivity (Wildman–Crippen MR) is 95.5 cm³/mol. The molecule has 0 aliphatic carbocycles. The lowest BCUT2D eigenvalue weighted by Crippen LogP contribution is -2.48. The van der Waals surface area contributed by atoms with Crippen LogP contribution in [0, 0.1) is 18.3 Å². The lowest BCUT2D eigenvalue weighted by atomic mass is 9.94. The molecule has 0 radical (unpaired) electrons. The fraction of sp³-hybridized carbons (Fsp3) is 0.263. The maximum Gasteiger partial charge on any atom is 0.338 e. The van der Waals surface area contributed by atoms with Crippen LogP contribution in [0.2, 0.25) is 0 Å². The van der Waals surface area contributed by atoms with E-state index in [1.54, 1.807) is 51.1 Å². The summed E-state index contributed by atoms with van der Waals surface area (Å²) in [4.78, 5) is 26.7. The highest BCUT2D eigenvalue weighted by Crippen LogP contribution is 2.34. The Morgan fingerprint density at radius 1 is 1.41 bits per heavy atom. The molecule has 0 saturated carbocycles. The van der Waals surface area contributed by atoms with Gasteiger partial charge in [-0.05, 0) is 38.5 Å². The molecule has 8 nitrogen and oxygen atoms in total. The number of aromatic nitrogens is 1. The first-order valence-corrected chi connectivity index (χ1v) is 8.38. The Hall–Kier alpha value is -3.60. The van der Waals surface area contributed by atoms with Gasteiger partial charge in [0.1, 0.15) is 5.76 Å². The second-order valence-electron chi connectivity index (χ2n) is 5.97. The highest BCUT2D eigenvalue weighted by molar-refractivity contribution is 6.02. The molecule has 0 unspecified atom stereocenters. The van der Waals surface area contributed by atoms with E-state index in [4.69, 9.17) is 14.5 Å². The number of benzene rings is 1. The van der Waals surface area contributed by atoms with Crippen LogP contribution in [0.1, 0.15) is 36.8 Å². The van der Waals surface area contributed by atoms with Crippen molar-refractivity contribution < 1.29 is 18.8 Å². The van der Waals surface area contributed by atoms with Gasteiger partial charge >= 0.3 is 12.0 Å². The molecule has 0 bridgehead atoms. The zero-order valence-electron chi connectivity index (χ0n) is 15.1. The van der Waals surface area contributed by atoms with Gasteiger partial charge in [0, 0.05) is 11.8 Å². The number of hydrogen-bond donors (Lipinski definition) is 1. The van der Waals surface area contributed by atoms with Crippen molar-refractivity contribution in [2.24, 2.45) is 0 Å². The van der Waals surface area contributed by atoms with Crippen LogP contribution in [0.3, 0.4) is 0 Å². The topological polar surface area (TPSA) is 108 Å². The first-order chi connectivity index (χ1) is 13.0. The lowest BCUT2D eigenvalue weighted by Gasteiger charge is -2.34. The van der Waals surface area contributed by atoms with Gasteiger partial charge in [-0.25, -0.2) is 14.5 Å². The number of nitriles is 1. The van der Waals surface area contributed by atoms with E-state index in [1.807, 2.05) is 0 Å². The number of aryl methyl sites for hydroxylation is 1. The normalized spacial score (nSPS) is 16.7. The SMILES string of the molecule is CCOC(=O)C1=C(C)N(c2cc(C)on2)C(=O)N[C@@H]1c1cccc(C#N)c1. The molecule has 2 amide bonds. The van der Waals surface area contributed by atoms with Crippen molar-refractivity contribution in [3.8, 4) is 6.07 Å². The molecule has 138 valence electrons. The summed E-state index contributed by atoms with van der Waals surface area (Å²) >= 11 is 0. The zero-order valence-corrected chi connectivity index (χ0v) is 15.1. The van der Waals surface area contributed by atoms with Crippen molar-refractivity contribution in [3.05, 3.63) is 58.5 Å². The van der Waals surface area contributed by atoms with Gasteiger partial charge in [0.15, 0.2) is 5.82 Å². The lowest BCUT2D eigenvalue weighted by molar-refractivity contribution is -0.139. The largest absolute Gasteiger partial charge is 0.463 e. The van der Waals surface area contributed by atoms with Gasteiger partial charge in [-0.15, -0.1) is 0 Å². The van der Waals surface area contributed by atoms with Gasteiger partial charge in [0.25, 0.3) is 0 Å². The third-order valence-corrected chi connectivity index (χ3v) is 4.17. The van der Waals surface area contributed by atoms with Crippen LogP contribution in [0.25, 0.3) is 0 Å². The quantitative estimate of drug-likeness (QED) is 0.833. The summed E-state index contributed by atoms with van der Waals surface area (Å²) in [6.45, 7) is 5.26. The molecule has 1 N–H and O–H groups in total. The Kier molecular flexibility index (Phi) is 4.94. The molecule has 27 heavy (non-hydrogen) atoms. The monoisotopic (exact) mass is 366 g/mol. The Morgan fingerprint density at radius 3 is 2.81 bits per heavy atom. The van der Waals surface area contributed by atoms with Crippen LogP contribution >= 0.6 is 0 Å². The molecular weight excluding hydrogens is 348 g/mol. The molecule has 0 saturated heterocycles. The number of amides is 2. The van der Waals surface area contributed by atoms with Gasteiger partial charge in [-0.3, -0.25) is 0 Å². The number of urea groups is 1. The highest BCUT2D eigenvalue weighted by Gasteiger charge is 2.38. The first-order valence-electron chi connectivity index (χ1n) is 8.38. The van der Waals surface area contributed by atoms with Crippen LogP contribution in [-0.2, 0) is 9.53 Å². The molecule has 8 heteroatoms. The van der Waals surface area contributed by atoms with Crippen LogP contribution in [0.5, 0.6) is 0 Å². The number of esters is 1. The molecule has 1 aromatic carbocycles. The number of nitrogens with zero attached hydrogens (tertiary/aromatic N) is 3. The second-order valence-corrected chi connectivity index (χ2v) is 5.97. The summed E-state index contributed by atoms with van der Waals surface area (Å²) in [5, 5.41) is 15.8. The van der Waals surface area contributed by atoms with Crippen LogP contribution in [-0.4, -0.2) is 23.8 Å². The van der Waals surface area contributed by atoms with Crippen molar-refractivity contribution in [3.63, 3.8) is 0 Å². The van der Waals surface area contributed by atoms with E-state index in [-0.39, 0.29) is 18.0 Å². The predicted octanol–water partition coefficient (Wildman–Crippen LogP) is 2.96. The third-order valence-electron chi connectivity index (χ3n) is 4.17. The fourth-order valence-corrected chi connectivity index (χ4v) is 2.99. The van der Waals surface area contributed by atoms with E-state index in [0.29, 0.717) is 22.6 Å². The maximum atomic E-state index is 12.8. The number of allylic oxidation sites excluding steroid dienone is 1. The number of nitrogens with one attached hydrogen (secondary N) is 1. The minimum atomic E-state index is -0.742. The van der Waals surface area contributed by atoms with Crippen LogP contribution < -0.4 is 10.2 Å². The molecule has 3 rings (SSSR count). The summed E-state index contributed by atoms with van der Waals surface area (Å²) in [5.41, 5.74) is 1.70. The maximum absolute atomic E-state index is 12.8. The van der Waals surface area contributed by atoms with E-state index in [1.165, 1.54) is 4.90 Å². The number of anilines is 1. The van der Waals surface area contributed by atoms with Crippen molar-refractivity contribution in [2.45, 2.75) is 26.8 Å². The van der Waals surface area contributed by atoms with E-state index in [2.05, 4.69) is 16.5 Å². The van der Waals surface area contributed by atoms with Gasteiger partial charge in [0.2, 0.25) is 0 Å². The van der Waals surface area contributed by atoms with Crippen LogP contribution in [0.4, 0.5) is 10.6 Å². The van der Waals surface area contributed by atoms with Crippen molar-refractivity contribution in [2.75, 3.05) is 11.5 Å². The molecule has 1 aliphatic heterocycles. The van der Waals surface area contributed by atoms with Gasteiger partial charge in [-0.1, -0.05) is 17.3 Å². The molecule has 0 fully saturated rings. The van der Waals surface area contributed by atoms with E-state index in [9.17, 15) is 9.59 Å². The molecule has 1 aliphatic rings. The average Bonchev–Trinajstić information content (AvgIpc) is 3.07. The molecule has 0 spiro atoms. The summed E-state index contributed by atoms with van der Waals surface area (Å²) in [6.07, 6.45) is 0. The third kappa shape index (κ3) is 3.40. The molecular formula is C19H18N4O4. The van der Waals surface area contributed by atoms with Crippen LogP contribution in [0.15, 0.2) is 46.1 Å². The van der Waals surface area contributed by atoms with Crippen molar-refractivity contribution >= 4 is 17.8 Å². The minimum Gasteiger partial charge on any atom is -0.463 e. The number of carbonyl (C=O) groups is 2. The summed E-state index contributed by atoms with van der Waals surface area (Å²) < 4.78 is 10.3. The Bertz CT molecular complexity index is 970. The first kappa shape index (κ1) is 18.2. The molecule has 2 aromatic rings. The molecule has 1 aromatic heterocycles. The van der Waals surface area contributed by atoms with Crippen molar-refractivity contribution in [1.29, 1.82) is 5.26 Å².